The Morgan fingerprint density at radius 3 is 2.92 bits per heavy atom. The van der Waals surface area contributed by atoms with E-state index >= 15 is 0 Å². The van der Waals surface area contributed by atoms with Crippen LogP contribution in [0.1, 0.15) is 38.5 Å². The van der Waals surface area contributed by atoms with Crippen molar-refractivity contribution < 1.29 is 9.18 Å². The van der Waals surface area contributed by atoms with Crippen molar-refractivity contribution in [3.63, 3.8) is 0 Å². The highest BCUT2D eigenvalue weighted by Gasteiger charge is 2.15. The van der Waals surface area contributed by atoms with Crippen LogP contribution in [0.15, 0.2) is 28.6 Å². The second-order valence-electron chi connectivity index (χ2n) is 6.01. The first-order valence-corrected chi connectivity index (χ1v) is 10.3. The van der Waals surface area contributed by atoms with Crippen LogP contribution in [0.25, 0.3) is 0 Å². The van der Waals surface area contributed by atoms with Crippen molar-refractivity contribution in [2.24, 2.45) is 0 Å². The average Bonchev–Trinajstić information content (AvgIpc) is 3.03. The Bertz CT molecular complexity index is 703. The van der Waals surface area contributed by atoms with Gasteiger partial charge in [0, 0.05) is 23.9 Å². The van der Waals surface area contributed by atoms with Gasteiger partial charge < -0.3 is 10.6 Å². The zero-order chi connectivity index (χ0) is 17.5. The van der Waals surface area contributed by atoms with Crippen LogP contribution in [0, 0.1) is 5.82 Å². The molecule has 5 nitrogen and oxygen atoms in total. The van der Waals surface area contributed by atoms with Gasteiger partial charge >= 0.3 is 0 Å². The van der Waals surface area contributed by atoms with E-state index in [1.807, 2.05) is 0 Å². The van der Waals surface area contributed by atoms with Gasteiger partial charge in [-0.25, -0.2) is 4.39 Å². The van der Waals surface area contributed by atoms with Crippen LogP contribution >= 0.6 is 23.1 Å². The summed E-state index contributed by atoms with van der Waals surface area (Å²) < 4.78 is 14.0. The van der Waals surface area contributed by atoms with Crippen molar-refractivity contribution in [3.05, 3.63) is 30.1 Å². The normalized spacial score (nSPS) is 15.1. The summed E-state index contributed by atoms with van der Waals surface area (Å²) in [6, 6.07) is 6.57. The van der Waals surface area contributed by atoms with Crippen LogP contribution in [-0.2, 0) is 4.79 Å². The molecule has 25 heavy (non-hydrogen) atoms. The average molecular weight is 381 g/mol. The van der Waals surface area contributed by atoms with Gasteiger partial charge in [-0.2, -0.15) is 0 Å². The van der Waals surface area contributed by atoms with Crippen LogP contribution in [0.4, 0.5) is 15.2 Å². The largest absolute Gasteiger partial charge is 0.353 e. The number of thioether (sulfide) groups is 1. The maximum atomic E-state index is 13.2. The molecule has 2 N–H and O–H groups in total. The van der Waals surface area contributed by atoms with Crippen LogP contribution in [-0.4, -0.2) is 27.9 Å². The van der Waals surface area contributed by atoms with Gasteiger partial charge in [-0.3, -0.25) is 4.79 Å². The van der Waals surface area contributed by atoms with E-state index in [0.29, 0.717) is 29.0 Å². The fourth-order valence-corrected chi connectivity index (χ4v) is 4.57. The number of rotatable bonds is 7. The second kappa shape index (κ2) is 9.15. The van der Waals surface area contributed by atoms with E-state index in [1.54, 1.807) is 12.1 Å². The molecule has 0 spiro atoms. The van der Waals surface area contributed by atoms with Crippen molar-refractivity contribution in [1.29, 1.82) is 0 Å². The molecule has 0 bridgehead atoms. The molecule has 0 radical (unpaired) electrons. The predicted octanol–water partition coefficient (Wildman–Crippen LogP) is 4.35. The number of nitrogens with one attached hydrogen (secondary N) is 2. The Balaban J connectivity index is 1.40. The van der Waals surface area contributed by atoms with E-state index in [-0.39, 0.29) is 11.7 Å². The molecule has 134 valence electrons. The minimum absolute atomic E-state index is 0.113. The number of halogens is 1. The number of hydrogen-bond donors (Lipinski definition) is 2. The first kappa shape index (κ1) is 18.1. The summed E-state index contributed by atoms with van der Waals surface area (Å²) in [5.41, 5.74) is 0.638. The number of nitrogens with zero attached hydrogens (tertiary/aromatic N) is 2. The maximum Gasteiger partial charge on any atom is 0.221 e. The number of carbonyl (C=O) groups is 1. The Morgan fingerprint density at radius 1 is 1.28 bits per heavy atom. The lowest BCUT2D eigenvalue weighted by Gasteiger charge is -2.22. The number of amides is 1. The van der Waals surface area contributed by atoms with Crippen molar-refractivity contribution in [2.75, 3.05) is 11.1 Å². The van der Waals surface area contributed by atoms with E-state index in [0.717, 1.165) is 17.2 Å². The summed E-state index contributed by atoms with van der Waals surface area (Å²) >= 11 is 2.91. The fourth-order valence-electron chi connectivity index (χ4n) is 2.79. The SMILES string of the molecule is O=C(CCSc1nnc(Nc2cccc(F)c2)s1)NC1CCCCC1. The molecule has 0 unspecified atom stereocenters. The zero-order valence-corrected chi connectivity index (χ0v) is 15.5. The summed E-state index contributed by atoms with van der Waals surface area (Å²) in [4.78, 5) is 12.0. The third kappa shape index (κ3) is 5.97. The lowest BCUT2D eigenvalue weighted by atomic mass is 9.95. The van der Waals surface area contributed by atoms with Gasteiger partial charge in [0.25, 0.3) is 0 Å². The summed E-state index contributed by atoms with van der Waals surface area (Å²) in [5, 5.41) is 14.9. The molecule has 0 saturated heterocycles. The molecule has 0 atom stereocenters. The van der Waals surface area contributed by atoms with Crippen LogP contribution < -0.4 is 10.6 Å². The van der Waals surface area contributed by atoms with Gasteiger partial charge in [0.1, 0.15) is 5.82 Å². The molecule has 1 aromatic carbocycles. The van der Waals surface area contributed by atoms with Gasteiger partial charge in [-0.15, -0.1) is 10.2 Å². The molecule has 1 heterocycles. The van der Waals surface area contributed by atoms with E-state index < -0.39 is 0 Å². The van der Waals surface area contributed by atoms with Crippen molar-refractivity contribution in [1.82, 2.24) is 15.5 Å². The van der Waals surface area contributed by atoms with Crippen molar-refractivity contribution in [2.45, 2.75) is 48.9 Å². The standard InChI is InChI=1S/C17H21FN4OS2/c18-12-5-4-8-14(11-12)20-16-21-22-17(25-16)24-10-9-15(23)19-13-6-2-1-3-7-13/h4-5,8,11,13H,1-3,6-7,9-10H2,(H,19,23)(H,20,21). The van der Waals surface area contributed by atoms with Gasteiger partial charge in [-0.05, 0) is 31.0 Å². The van der Waals surface area contributed by atoms with Crippen LogP contribution in [0.3, 0.4) is 0 Å². The monoisotopic (exact) mass is 380 g/mol. The predicted molar refractivity (Wildman–Crippen MR) is 99.9 cm³/mol. The molecule has 3 rings (SSSR count). The number of hydrogen-bond acceptors (Lipinski definition) is 6. The molecule has 1 saturated carbocycles. The molecule has 1 aliphatic carbocycles. The molecule has 0 aliphatic heterocycles. The quantitative estimate of drug-likeness (QED) is 0.699. The highest BCUT2D eigenvalue weighted by molar-refractivity contribution is 8.01. The highest BCUT2D eigenvalue weighted by atomic mass is 32.2. The fraction of sp³-hybridized carbons (Fsp3) is 0.471. The minimum Gasteiger partial charge on any atom is -0.353 e. The molecule has 1 aliphatic rings. The van der Waals surface area contributed by atoms with Gasteiger partial charge in [-0.1, -0.05) is 48.4 Å². The van der Waals surface area contributed by atoms with E-state index in [1.165, 1.54) is 54.5 Å². The molecule has 2 aromatic rings. The third-order valence-corrected chi connectivity index (χ3v) is 5.98. The van der Waals surface area contributed by atoms with Gasteiger partial charge in [0.2, 0.25) is 11.0 Å². The van der Waals surface area contributed by atoms with Gasteiger partial charge in [0.05, 0.1) is 0 Å². The summed E-state index contributed by atoms with van der Waals surface area (Å²) in [6.45, 7) is 0. The Kier molecular flexibility index (Phi) is 6.63. The van der Waals surface area contributed by atoms with E-state index in [2.05, 4.69) is 20.8 Å². The topological polar surface area (TPSA) is 66.9 Å². The lowest BCUT2D eigenvalue weighted by molar-refractivity contribution is -0.121. The van der Waals surface area contributed by atoms with Crippen molar-refractivity contribution >= 4 is 39.8 Å². The lowest BCUT2D eigenvalue weighted by Crippen LogP contribution is -2.36. The number of aromatic nitrogens is 2. The number of carbonyl (C=O) groups excluding carboxylic acids is 1. The summed E-state index contributed by atoms with van der Waals surface area (Å²) in [6.07, 6.45) is 6.39. The Hall–Kier alpha value is -1.67. The smallest absolute Gasteiger partial charge is 0.221 e. The second-order valence-corrected chi connectivity index (χ2v) is 8.33. The summed E-state index contributed by atoms with van der Waals surface area (Å²) in [7, 11) is 0. The molecule has 1 amide bonds. The van der Waals surface area contributed by atoms with Crippen LogP contribution in [0.5, 0.6) is 0 Å². The first-order chi connectivity index (χ1) is 12.2. The third-order valence-electron chi connectivity index (χ3n) is 4.01. The molecule has 8 heteroatoms. The Labute approximate surface area is 154 Å². The summed E-state index contributed by atoms with van der Waals surface area (Å²) in [5.74, 6) is 0.489. The molecule has 1 aromatic heterocycles. The zero-order valence-electron chi connectivity index (χ0n) is 13.8. The number of benzene rings is 1. The molecular weight excluding hydrogens is 359 g/mol. The Morgan fingerprint density at radius 2 is 2.12 bits per heavy atom. The maximum absolute atomic E-state index is 13.2. The molecule has 1 fully saturated rings. The number of anilines is 2. The van der Waals surface area contributed by atoms with Crippen molar-refractivity contribution in [3.8, 4) is 0 Å². The molecular formula is C17H21FN4OS2. The first-order valence-electron chi connectivity index (χ1n) is 8.47. The van der Waals surface area contributed by atoms with Crippen LogP contribution in [0.2, 0.25) is 0 Å². The van der Waals surface area contributed by atoms with Gasteiger partial charge in [0.15, 0.2) is 4.34 Å². The van der Waals surface area contributed by atoms with E-state index in [9.17, 15) is 9.18 Å². The minimum atomic E-state index is -0.298. The van der Waals surface area contributed by atoms with E-state index in [4.69, 9.17) is 0 Å². The highest BCUT2D eigenvalue weighted by Crippen LogP contribution is 2.28.